The largest absolute Gasteiger partial charge is 0.494 e. The number of hydrogen-bond acceptors (Lipinski definition) is 9. The Morgan fingerprint density at radius 2 is 1.76 bits per heavy atom. The Kier molecular flexibility index (Phi) is 11.5. The van der Waals surface area contributed by atoms with Crippen molar-refractivity contribution in [2.75, 3.05) is 46.5 Å². The van der Waals surface area contributed by atoms with Crippen LogP contribution in [-0.2, 0) is 19.4 Å². The van der Waals surface area contributed by atoms with Crippen LogP contribution >= 0.6 is 0 Å². The van der Waals surface area contributed by atoms with Gasteiger partial charge in [-0.1, -0.05) is 0 Å². The van der Waals surface area contributed by atoms with Crippen molar-refractivity contribution in [2.24, 2.45) is 0 Å². The molecular weight excluding hydrogens is 550 g/mol. The Morgan fingerprint density at radius 3 is 2.34 bits per heavy atom. The smallest absolute Gasteiger partial charge is 0.265 e. The molecule has 0 radical (unpaired) electrons. The van der Waals surface area contributed by atoms with E-state index in [9.17, 15) is 23.2 Å². The third-order valence-electron chi connectivity index (χ3n) is 7.11. The molecule has 3 rings (SSSR count). The van der Waals surface area contributed by atoms with Crippen molar-refractivity contribution < 1.29 is 37.4 Å². The van der Waals surface area contributed by atoms with E-state index >= 15 is 0 Å². The van der Waals surface area contributed by atoms with Crippen molar-refractivity contribution in [3.05, 3.63) is 53.6 Å². The number of ether oxygens (including phenoxy) is 3. The number of nitrogens with zero attached hydrogens (tertiary/aromatic N) is 1. The summed E-state index contributed by atoms with van der Waals surface area (Å²) < 4.78 is 42.0. The normalized spacial score (nSPS) is 15.4. The number of likely N-dealkylation sites (tertiary alicyclic amines) is 1. The van der Waals surface area contributed by atoms with Crippen LogP contribution in [0.4, 0.5) is 0 Å². The number of benzene rings is 2. The highest BCUT2D eigenvalue weighted by Crippen LogP contribution is 2.36. The first-order valence-electron chi connectivity index (χ1n) is 13.7. The molecule has 1 fully saturated rings. The molecule has 0 saturated carbocycles. The quantitative estimate of drug-likeness (QED) is 0.172. The van der Waals surface area contributed by atoms with Gasteiger partial charge in [0.15, 0.2) is 14.6 Å². The van der Waals surface area contributed by atoms with Crippen LogP contribution in [0.25, 0.3) is 0 Å². The van der Waals surface area contributed by atoms with E-state index in [1.54, 1.807) is 30.8 Å². The van der Waals surface area contributed by atoms with Crippen molar-refractivity contribution >= 4 is 21.7 Å². The summed E-state index contributed by atoms with van der Waals surface area (Å²) in [6.45, 7) is 8.38. The molecule has 2 amide bonds. The molecule has 0 aromatic heterocycles. The molecule has 0 aliphatic carbocycles. The number of nitrogens with one attached hydrogen (secondary N) is 2. The standard InChI is InChI=1S/C29H41N3O8S/c1-21(2)40-26-11-6-23(20-22(26)3)27(33)30-14-5-18-39-24-7-9-25(10-8-24)41(36,37)29(28(34)31-35)12-15-32(16-13-29)17-19-38-4/h6-11,20-21,35H,5,12-19H2,1-4H3,(H,30,33)(H,31,34). The minimum atomic E-state index is -4.11. The molecule has 1 aliphatic rings. The first-order valence-corrected chi connectivity index (χ1v) is 15.2. The number of aryl methyl sites for hydroxylation is 1. The van der Waals surface area contributed by atoms with Gasteiger partial charge in [-0.25, -0.2) is 13.9 Å². The summed E-state index contributed by atoms with van der Waals surface area (Å²) in [6, 6.07) is 11.2. The summed E-state index contributed by atoms with van der Waals surface area (Å²) in [4.78, 5) is 27.2. The number of methoxy groups -OCH3 is 1. The van der Waals surface area contributed by atoms with Gasteiger partial charge >= 0.3 is 0 Å². The number of piperidine rings is 1. The van der Waals surface area contributed by atoms with Crippen molar-refractivity contribution in [2.45, 2.75) is 55.8 Å². The number of carbonyl (C=O) groups excluding carboxylic acids is 2. The van der Waals surface area contributed by atoms with Crippen LogP contribution in [0.5, 0.6) is 11.5 Å². The summed E-state index contributed by atoms with van der Waals surface area (Å²) >= 11 is 0. The van der Waals surface area contributed by atoms with E-state index in [4.69, 9.17) is 14.2 Å². The lowest BCUT2D eigenvalue weighted by atomic mass is 9.95. The summed E-state index contributed by atoms with van der Waals surface area (Å²) in [5.74, 6) is 0.0889. The Labute approximate surface area is 242 Å². The topological polar surface area (TPSA) is 144 Å². The van der Waals surface area contributed by atoms with E-state index < -0.39 is 20.5 Å². The fourth-order valence-electron chi connectivity index (χ4n) is 4.76. The average Bonchev–Trinajstić information content (AvgIpc) is 2.96. The molecule has 0 bridgehead atoms. The molecule has 3 N–H and O–H groups in total. The molecular formula is C29H41N3O8S. The van der Waals surface area contributed by atoms with Crippen molar-refractivity contribution in [1.29, 1.82) is 0 Å². The number of sulfone groups is 1. The molecule has 0 unspecified atom stereocenters. The van der Waals surface area contributed by atoms with E-state index in [1.807, 2.05) is 25.7 Å². The fraction of sp³-hybridized carbons (Fsp3) is 0.517. The van der Waals surface area contributed by atoms with Gasteiger partial charge in [0.1, 0.15) is 11.5 Å². The average molecular weight is 592 g/mol. The first kappa shape index (κ1) is 32.3. The molecule has 1 saturated heterocycles. The second-order valence-electron chi connectivity index (χ2n) is 10.3. The van der Waals surface area contributed by atoms with E-state index in [-0.39, 0.29) is 29.7 Å². The SMILES string of the molecule is COCCN1CCC(C(=O)NO)(S(=O)(=O)c2ccc(OCCCNC(=O)c3ccc(OC(C)C)c(C)c3)cc2)CC1. The molecule has 2 aromatic carbocycles. The number of hydroxylamine groups is 1. The van der Waals surface area contributed by atoms with Gasteiger partial charge in [0.05, 0.1) is 24.2 Å². The van der Waals surface area contributed by atoms with Crippen LogP contribution in [0, 0.1) is 6.92 Å². The van der Waals surface area contributed by atoms with Gasteiger partial charge < -0.3 is 24.4 Å². The van der Waals surface area contributed by atoms with Crippen molar-refractivity contribution in [1.82, 2.24) is 15.7 Å². The Bertz CT molecular complexity index is 1270. The zero-order valence-electron chi connectivity index (χ0n) is 24.1. The van der Waals surface area contributed by atoms with Crippen LogP contribution < -0.4 is 20.3 Å². The molecule has 2 aromatic rings. The Hall–Kier alpha value is -3.19. The lowest BCUT2D eigenvalue weighted by Gasteiger charge is -2.39. The second-order valence-corrected chi connectivity index (χ2v) is 12.6. The van der Waals surface area contributed by atoms with Crippen molar-refractivity contribution in [3.63, 3.8) is 0 Å². The van der Waals surface area contributed by atoms with Gasteiger partial charge in [-0.05, 0) is 88.1 Å². The Balaban J connectivity index is 1.53. The van der Waals surface area contributed by atoms with Crippen LogP contribution in [0.1, 0.15) is 49.0 Å². The molecule has 0 atom stereocenters. The first-order chi connectivity index (χ1) is 19.5. The highest BCUT2D eigenvalue weighted by atomic mass is 32.2. The van der Waals surface area contributed by atoms with Gasteiger partial charge in [0.25, 0.3) is 11.8 Å². The Morgan fingerprint density at radius 1 is 1.07 bits per heavy atom. The maximum atomic E-state index is 13.6. The van der Waals surface area contributed by atoms with Gasteiger partial charge in [-0.2, -0.15) is 0 Å². The number of amides is 2. The maximum absolute atomic E-state index is 13.6. The van der Waals surface area contributed by atoms with E-state index in [0.717, 1.165) is 11.3 Å². The molecule has 12 heteroatoms. The summed E-state index contributed by atoms with van der Waals surface area (Å²) in [6.07, 6.45) is 0.682. The number of hydrogen-bond donors (Lipinski definition) is 3. The predicted molar refractivity (Wildman–Crippen MR) is 153 cm³/mol. The van der Waals surface area contributed by atoms with E-state index in [0.29, 0.717) is 57.1 Å². The van der Waals surface area contributed by atoms with Crippen LogP contribution in [0.2, 0.25) is 0 Å². The minimum Gasteiger partial charge on any atom is -0.494 e. The summed E-state index contributed by atoms with van der Waals surface area (Å²) in [5.41, 5.74) is 3.00. The predicted octanol–water partition coefficient (Wildman–Crippen LogP) is 2.74. The zero-order chi connectivity index (χ0) is 30.0. The highest BCUT2D eigenvalue weighted by Gasteiger charge is 2.52. The second kappa shape index (κ2) is 14.6. The van der Waals surface area contributed by atoms with E-state index in [1.165, 1.54) is 24.3 Å². The fourth-order valence-corrected chi connectivity index (χ4v) is 6.72. The summed E-state index contributed by atoms with van der Waals surface area (Å²) in [7, 11) is -2.52. The third kappa shape index (κ3) is 7.97. The third-order valence-corrected chi connectivity index (χ3v) is 9.63. The monoisotopic (exact) mass is 591 g/mol. The van der Waals surface area contributed by atoms with E-state index in [2.05, 4.69) is 5.32 Å². The molecule has 1 aliphatic heterocycles. The van der Waals surface area contributed by atoms with Gasteiger partial charge in [-0.15, -0.1) is 0 Å². The van der Waals surface area contributed by atoms with Crippen LogP contribution in [0.15, 0.2) is 47.4 Å². The highest BCUT2D eigenvalue weighted by molar-refractivity contribution is 7.93. The number of rotatable bonds is 14. The van der Waals surface area contributed by atoms with Gasteiger partial charge in [-0.3, -0.25) is 14.8 Å². The zero-order valence-corrected chi connectivity index (χ0v) is 25.0. The summed E-state index contributed by atoms with van der Waals surface area (Å²) in [5, 5.41) is 12.2. The number of carbonyl (C=O) groups is 2. The van der Waals surface area contributed by atoms with Gasteiger partial charge in [0, 0.05) is 38.9 Å². The van der Waals surface area contributed by atoms with Crippen molar-refractivity contribution in [3.8, 4) is 11.5 Å². The van der Waals surface area contributed by atoms with Crippen LogP contribution in [-0.4, -0.2) is 87.7 Å². The molecule has 226 valence electrons. The maximum Gasteiger partial charge on any atom is 0.265 e. The van der Waals surface area contributed by atoms with Gasteiger partial charge in [0.2, 0.25) is 0 Å². The molecule has 1 heterocycles. The lowest BCUT2D eigenvalue weighted by Crippen LogP contribution is -2.57. The molecule has 41 heavy (non-hydrogen) atoms. The molecule has 0 spiro atoms. The molecule has 11 nitrogen and oxygen atoms in total. The lowest BCUT2D eigenvalue weighted by molar-refractivity contribution is -0.133. The van der Waals surface area contributed by atoms with Crippen LogP contribution in [0.3, 0.4) is 0 Å². The minimum absolute atomic E-state index is 0.0221.